The maximum atomic E-state index is 12.8. The minimum atomic E-state index is -0.733. The van der Waals surface area contributed by atoms with Gasteiger partial charge in [0.2, 0.25) is 11.8 Å². The summed E-state index contributed by atoms with van der Waals surface area (Å²) in [4.78, 5) is 24.9. The van der Waals surface area contributed by atoms with Crippen LogP contribution in [-0.2, 0) is 16.1 Å². The van der Waals surface area contributed by atoms with E-state index in [0.717, 1.165) is 43.4 Å². The van der Waals surface area contributed by atoms with Crippen LogP contribution in [0.5, 0.6) is 5.75 Å². The monoisotopic (exact) mass is 461 g/mol. The molecule has 7 heteroatoms. The molecule has 0 saturated carbocycles. The zero-order valence-corrected chi connectivity index (χ0v) is 20.6. The number of aliphatic hydroxyl groups excluding tert-OH is 1. The largest absolute Gasteiger partial charge is 0.497 e. The first kappa shape index (κ1) is 27.1. The van der Waals surface area contributed by atoms with Gasteiger partial charge in [0.25, 0.3) is 0 Å². The highest BCUT2D eigenvalue weighted by atomic mass is 16.5. The number of rotatable bonds is 6. The fourth-order valence-electron chi connectivity index (χ4n) is 4.33. The van der Waals surface area contributed by atoms with Crippen molar-refractivity contribution in [3.8, 4) is 5.75 Å². The number of methoxy groups -OCH3 is 1. The Kier molecular flexibility index (Phi) is 12.3. The van der Waals surface area contributed by atoms with Crippen LogP contribution in [0, 0.1) is 5.92 Å². The van der Waals surface area contributed by atoms with E-state index in [-0.39, 0.29) is 17.9 Å². The van der Waals surface area contributed by atoms with E-state index in [9.17, 15) is 14.7 Å². The molecule has 4 atom stereocenters. The molecule has 0 aromatic heterocycles. The first-order valence-electron chi connectivity index (χ1n) is 12.5. The molecule has 2 unspecified atom stereocenters. The fourth-order valence-corrected chi connectivity index (χ4v) is 4.33. The number of aliphatic hydroxyl groups is 1. The molecule has 7 nitrogen and oxygen atoms in total. The maximum absolute atomic E-state index is 12.8. The highest BCUT2D eigenvalue weighted by molar-refractivity contribution is 5.87. The summed E-state index contributed by atoms with van der Waals surface area (Å²) in [6, 6.07) is 6.79. The number of benzene rings is 1. The van der Waals surface area contributed by atoms with Crippen molar-refractivity contribution >= 4 is 11.8 Å². The molecule has 0 radical (unpaired) electrons. The van der Waals surface area contributed by atoms with Crippen LogP contribution in [0.25, 0.3) is 0 Å². The lowest BCUT2D eigenvalue weighted by Crippen LogP contribution is -2.53. The summed E-state index contributed by atoms with van der Waals surface area (Å²) >= 11 is 0. The van der Waals surface area contributed by atoms with E-state index in [1.807, 2.05) is 24.3 Å². The minimum absolute atomic E-state index is 0.0878. The van der Waals surface area contributed by atoms with Gasteiger partial charge in [0.15, 0.2) is 0 Å². The summed E-state index contributed by atoms with van der Waals surface area (Å²) in [7, 11) is 1.64. The second kappa shape index (κ2) is 14.9. The Morgan fingerprint density at radius 2 is 1.82 bits per heavy atom. The predicted octanol–water partition coefficient (Wildman–Crippen LogP) is 3.30. The number of nitrogens with one attached hydrogen (secondary N) is 3. The van der Waals surface area contributed by atoms with Gasteiger partial charge in [0.05, 0.1) is 19.3 Å². The van der Waals surface area contributed by atoms with Crippen LogP contribution in [0.4, 0.5) is 0 Å². The van der Waals surface area contributed by atoms with Crippen molar-refractivity contribution in [1.82, 2.24) is 16.0 Å². The quantitative estimate of drug-likeness (QED) is 0.521. The van der Waals surface area contributed by atoms with Gasteiger partial charge in [-0.1, -0.05) is 57.6 Å². The third kappa shape index (κ3) is 10.6. The van der Waals surface area contributed by atoms with Gasteiger partial charge in [0, 0.05) is 19.5 Å². The Balaban J connectivity index is 1.97. The van der Waals surface area contributed by atoms with Crippen LogP contribution in [0.15, 0.2) is 24.3 Å². The topological polar surface area (TPSA) is 99.7 Å². The Hall–Kier alpha value is -2.12. The molecule has 0 bridgehead atoms. The maximum Gasteiger partial charge on any atom is 0.242 e. The Labute approximate surface area is 199 Å². The molecule has 1 heterocycles. The highest BCUT2D eigenvalue weighted by Gasteiger charge is 2.26. The van der Waals surface area contributed by atoms with Crippen molar-refractivity contribution in [3.63, 3.8) is 0 Å². The van der Waals surface area contributed by atoms with Crippen LogP contribution >= 0.6 is 0 Å². The molecular weight excluding hydrogens is 418 g/mol. The molecule has 33 heavy (non-hydrogen) atoms. The summed E-state index contributed by atoms with van der Waals surface area (Å²) < 4.78 is 5.26. The molecular formula is C26H43N3O4. The number of amides is 2. The summed E-state index contributed by atoms with van der Waals surface area (Å²) in [6.45, 7) is 4.83. The molecule has 1 aliphatic rings. The third-order valence-corrected chi connectivity index (χ3v) is 6.39. The lowest BCUT2D eigenvalue weighted by molar-refractivity contribution is -0.129. The van der Waals surface area contributed by atoms with E-state index in [1.165, 1.54) is 12.8 Å². The SMILES string of the molecule is COc1cccc(CNCC(O)C2C[C@H](C)CCCCCCCCC(=O)N[C@@H](C)C(=O)N2)c1. The van der Waals surface area contributed by atoms with Crippen LogP contribution in [0.2, 0.25) is 0 Å². The van der Waals surface area contributed by atoms with Crippen molar-refractivity contribution in [2.75, 3.05) is 13.7 Å². The van der Waals surface area contributed by atoms with Crippen LogP contribution < -0.4 is 20.7 Å². The molecule has 1 aromatic rings. The smallest absolute Gasteiger partial charge is 0.242 e. The second-order valence-corrected chi connectivity index (χ2v) is 9.45. The summed E-state index contributed by atoms with van der Waals surface area (Å²) in [5, 5.41) is 20.0. The Morgan fingerprint density at radius 3 is 2.58 bits per heavy atom. The van der Waals surface area contributed by atoms with Crippen molar-refractivity contribution in [2.24, 2.45) is 5.92 Å². The van der Waals surface area contributed by atoms with Gasteiger partial charge in [-0.25, -0.2) is 0 Å². The van der Waals surface area contributed by atoms with E-state index < -0.39 is 12.1 Å². The normalized spacial score (nSPS) is 25.0. The number of hydrogen-bond acceptors (Lipinski definition) is 5. The van der Waals surface area contributed by atoms with Gasteiger partial charge in [-0.3, -0.25) is 9.59 Å². The molecule has 1 fully saturated rings. The van der Waals surface area contributed by atoms with Gasteiger partial charge in [0.1, 0.15) is 11.8 Å². The summed E-state index contributed by atoms with van der Waals surface area (Å²) in [6.07, 6.45) is 8.12. The van der Waals surface area contributed by atoms with Gasteiger partial charge in [-0.2, -0.15) is 0 Å². The van der Waals surface area contributed by atoms with Crippen LogP contribution in [0.1, 0.15) is 77.2 Å². The van der Waals surface area contributed by atoms with E-state index in [0.29, 0.717) is 31.8 Å². The molecule has 2 rings (SSSR count). The molecule has 0 aliphatic carbocycles. The number of ether oxygens (including phenoxy) is 1. The number of hydrogen-bond donors (Lipinski definition) is 4. The van der Waals surface area contributed by atoms with E-state index in [4.69, 9.17) is 4.74 Å². The highest BCUT2D eigenvalue weighted by Crippen LogP contribution is 2.19. The zero-order chi connectivity index (χ0) is 24.1. The van der Waals surface area contributed by atoms with Crippen molar-refractivity contribution in [3.05, 3.63) is 29.8 Å². The van der Waals surface area contributed by atoms with E-state index in [1.54, 1.807) is 14.0 Å². The molecule has 2 amide bonds. The molecule has 186 valence electrons. The van der Waals surface area contributed by atoms with Crippen molar-refractivity contribution in [2.45, 2.75) is 96.4 Å². The Bertz CT molecular complexity index is 727. The molecule has 0 spiro atoms. The van der Waals surface area contributed by atoms with Gasteiger partial charge in [-0.15, -0.1) is 0 Å². The van der Waals surface area contributed by atoms with Gasteiger partial charge >= 0.3 is 0 Å². The number of carbonyl (C=O) groups excluding carboxylic acids is 2. The Morgan fingerprint density at radius 1 is 1.09 bits per heavy atom. The number of carbonyl (C=O) groups is 2. The summed E-state index contributed by atoms with van der Waals surface area (Å²) in [5.41, 5.74) is 1.06. The zero-order valence-electron chi connectivity index (χ0n) is 20.6. The third-order valence-electron chi connectivity index (χ3n) is 6.39. The minimum Gasteiger partial charge on any atom is -0.497 e. The second-order valence-electron chi connectivity index (χ2n) is 9.45. The van der Waals surface area contributed by atoms with Crippen molar-refractivity contribution < 1.29 is 19.4 Å². The van der Waals surface area contributed by atoms with Crippen molar-refractivity contribution in [1.29, 1.82) is 0 Å². The molecule has 1 saturated heterocycles. The fraction of sp³-hybridized carbons (Fsp3) is 0.692. The molecule has 1 aromatic carbocycles. The standard InChI is InChI=1S/C26H43N3O4/c1-19-11-8-6-4-5-7-9-14-25(31)28-20(2)26(32)29-23(15-19)24(30)18-27-17-21-12-10-13-22(16-21)33-3/h10,12-13,16,19-20,23-24,27,30H,4-9,11,14-15,17-18H2,1-3H3,(H,28,31)(H,29,32)/t19-,20+,23?,24?/m1/s1. The average molecular weight is 462 g/mol. The van der Waals surface area contributed by atoms with E-state index >= 15 is 0 Å². The molecule has 4 N–H and O–H groups in total. The first-order valence-corrected chi connectivity index (χ1v) is 12.5. The average Bonchev–Trinajstić information content (AvgIpc) is 2.79. The lowest BCUT2D eigenvalue weighted by Gasteiger charge is -2.28. The first-order chi connectivity index (χ1) is 15.9. The van der Waals surface area contributed by atoms with E-state index in [2.05, 4.69) is 22.9 Å². The van der Waals surface area contributed by atoms with Gasteiger partial charge < -0.3 is 25.8 Å². The predicted molar refractivity (Wildman–Crippen MR) is 131 cm³/mol. The molecule has 1 aliphatic heterocycles. The lowest BCUT2D eigenvalue weighted by atomic mass is 9.92. The summed E-state index contributed by atoms with van der Waals surface area (Å²) in [5.74, 6) is 0.848. The van der Waals surface area contributed by atoms with Crippen LogP contribution in [-0.4, -0.2) is 48.8 Å². The van der Waals surface area contributed by atoms with Gasteiger partial charge in [-0.05, 0) is 43.4 Å². The van der Waals surface area contributed by atoms with Crippen LogP contribution in [0.3, 0.4) is 0 Å².